The van der Waals surface area contributed by atoms with Gasteiger partial charge in [-0.05, 0) is 26.0 Å². The highest BCUT2D eigenvalue weighted by Gasteiger charge is 2.48. The maximum absolute atomic E-state index is 3.77. The van der Waals surface area contributed by atoms with E-state index in [1.807, 2.05) is 0 Å². The summed E-state index contributed by atoms with van der Waals surface area (Å²) in [6, 6.07) is 10.7. The minimum Gasteiger partial charge on any atom is -0.388 e. The number of anilines is 1. The normalized spacial score (nSPS) is 13.5. The van der Waals surface area contributed by atoms with Crippen molar-refractivity contribution in [1.82, 2.24) is 0 Å². The molecule has 0 heterocycles. The number of hydrogen-bond acceptors (Lipinski definition) is 1. The number of rotatable bonds is 8. The van der Waals surface area contributed by atoms with Crippen LogP contribution >= 0.6 is 0 Å². The van der Waals surface area contributed by atoms with Gasteiger partial charge in [0.05, 0.1) is 15.9 Å². The summed E-state index contributed by atoms with van der Waals surface area (Å²) in [5.41, 5.74) is 8.00. The molecule has 3 heteroatoms. The molecule has 1 nitrogen and oxygen atoms in total. The molecule has 0 aliphatic rings. The third kappa shape index (κ3) is 4.83. The Morgan fingerprint density at radius 2 is 1.43 bits per heavy atom. The Kier molecular flexibility index (Phi) is 7.82. The standard InChI is InChI=1S/C20H37NSi2/c1-16(2)14-22(15-21-20-12-10-9-11-13-20)23(17(3)4,18(5)6)19(7)8/h9-14,17-19,21-22H,15H2,1-8H3. The van der Waals surface area contributed by atoms with Crippen molar-refractivity contribution in [3.05, 3.63) is 41.6 Å². The van der Waals surface area contributed by atoms with E-state index in [1.54, 1.807) is 0 Å². The number of hydrogen-bond donors (Lipinski definition) is 1. The molecule has 0 aliphatic heterocycles. The maximum atomic E-state index is 3.77. The lowest BCUT2D eigenvalue weighted by molar-refractivity contribution is 0.844. The van der Waals surface area contributed by atoms with Crippen LogP contribution in [0, 0.1) is 0 Å². The molecule has 130 valence electrons. The first-order valence-corrected chi connectivity index (χ1v) is 14.7. The van der Waals surface area contributed by atoms with Crippen molar-refractivity contribution in [2.24, 2.45) is 0 Å². The minimum atomic E-state index is -1.37. The third-order valence-corrected chi connectivity index (χ3v) is 25.4. The van der Waals surface area contributed by atoms with E-state index in [4.69, 9.17) is 0 Å². The smallest absolute Gasteiger partial charge is 0.0780 e. The molecule has 0 fully saturated rings. The van der Waals surface area contributed by atoms with Crippen molar-refractivity contribution >= 4 is 21.6 Å². The second-order valence-electron chi connectivity index (χ2n) is 8.06. The first-order chi connectivity index (χ1) is 10.7. The molecule has 0 amide bonds. The average molecular weight is 348 g/mol. The molecule has 1 aromatic carbocycles. The van der Waals surface area contributed by atoms with Crippen molar-refractivity contribution in [3.8, 4) is 0 Å². The molecule has 0 aliphatic carbocycles. The molecule has 1 unspecified atom stereocenters. The van der Waals surface area contributed by atoms with Crippen LogP contribution in [-0.4, -0.2) is 22.1 Å². The maximum Gasteiger partial charge on any atom is 0.0780 e. The summed E-state index contributed by atoms with van der Waals surface area (Å²) in [6.07, 6.45) is 1.19. The van der Waals surface area contributed by atoms with E-state index in [-0.39, 0.29) is 0 Å². The van der Waals surface area contributed by atoms with Gasteiger partial charge >= 0.3 is 0 Å². The van der Waals surface area contributed by atoms with Gasteiger partial charge in [0.2, 0.25) is 0 Å². The van der Waals surface area contributed by atoms with E-state index < -0.39 is 15.9 Å². The van der Waals surface area contributed by atoms with Crippen LogP contribution in [-0.2, 0) is 0 Å². The largest absolute Gasteiger partial charge is 0.388 e. The molecule has 0 saturated heterocycles. The summed E-state index contributed by atoms with van der Waals surface area (Å²) in [5, 5.41) is 3.77. The molecule has 0 bridgehead atoms. The fraction of sp³-hybridized carbons (Fsp3) is 0.600. The van der Waals surface area contributed by atoms with Crippen LogP contribution in [0.15, 0.2) is 41.6 Å². The van der Waals surface area contributed by atoms with Gasteiger partial charge in [-0.15, -0.1) is 0 Å². The molecular formula is C20H37NSi2. The van der Waals surface area contributed by atoms with Crippen molar-refractivity contribution in [3.63, 3.8) is 0 Å². The highest BCUT2D eigenvalue weighted by molar-refractivity contribution is 7.36. The molecule has 1 rings (SSSR count). The van der Waals surface area contributed by atoms with Crippen molar-refractivity contribution in [2.75, 3.05) is 11.5 Å². The fourth-order valence-electron chi connectivity index (χ4n) is 4.85. The van der Waals surface area contributed by atoms with Crippen LogP contribution < -0.4 is 5.32 Å². The number of nitrogens with one attached hydrogen (secondary N) is 1. The van der Waals surface area contributed by atoms with E-state index >= 15 is 0 Å². The SMILES string of the molecule is CC(C)=C[SiH](CNc1ccccc1)[Si](C(C)C)(C(C)C)C(C)C. The zero-order valence-corrected chi connectivity index (χ0v) is 18.6. The molecule has 1 aromatic rings. The monoisotopic (exact) mass is 347 g/mol. The average Bonchev–Trinajstić information content (AvgIpc) is 2.44. The Hall–Kier alpha value is -0.806. The summed E-state index contributed by atoms with van der Waals surface area (Å²) in [7, 11) is -2.39. The van der Waals surface area contributed by atoms with Gasteiger partial charge in [-0.3, -0.25) is 0 Å². The van der Waals surface area contributed by atoms with Crippen LogP contribution in [0.1, 0.15) is 55.4 Å². The molecular weight excluding hydrogens is 310 g/mol. The summed E-state index contributed by atoms with van der Waals surface area (Å²) in [4.78, 5) is 0. The second-order valence-corrected chi connectivity index (χ2v) is 20.7. The van der Waals surface area contributed by atoms with Gasteiger partial charge < -0.3 is 5.32 Å². The van der Waals surface area contributed by atoms with Crippen molar-refractivity contribution in [2.45, 2.75) is 72.0 Å². The Morgan fingerprint density at radius 1 is 0.957 bits per heavy atom. The van der Waals surface area contributed by atoms with Gasteiger partial charge in [-0.2, -0.15) is 0 Å². The van der Waals surface area contributed by atoms with E-state index in [9.17, 15) is 0 Å². The first-order valence-electron chi connectivity index (χ1n) is 9.16. The lowest BCUT2D eigenvalue weighted by atomic mass is 10.3. The Morgan fingerprint density at radius 3 is 1.83 bits per heavy atom. The van der Waals surface area contributed by atoms with Crippen LogP contribution in [0.2, 0.25) is 16.6 Å². The van der Waals surface area contributed by atoms with Gasteiger partial charge in [-0.1, -0.05) is 87.6 Å². The summed E-state index contributed by atoms with van der Waals surface area (Å²) in [6.45, 7) is 19.5. The predicted molar refractivity (Wildman–Crippen MR) is 113 cm³/mol. The fourth-order valence-corrected chi connectivity index (χ4v) is 24.4. The number of benzene rings is 1. The predicted octanol–water partition coefficient (Wildman–Crippen LogP) is 6.13. The summed E-state index contributed by atoms with van der Waals surface area (Å²) in [5.74, 6) is 0. The zero-order valence-electron chi connectivity index (χ0n) is 16.5. The summed E-state index contributed by atoms with van der Waals surface area (Å²) < 4.78 is 0. The van der Waals surface area contributed by atoms with Crippen LogP contribution in [0.25, 0.3) is 0 Å². The van der Waals surface area contributed by atoms with Gasteiger partial charge in [0, 0.05) is 11.9 Å². The van der Waals surface area contributed by atoms with Gasteiger partial charge in [0.15, 0.2) is 0 Å². The molecule has 0 radical (unpaired) electrons. The van der Waals surface area contributed by atoms with E-state index in [0.717, 1.165) is 16.6 Å². The molecule has 0 aromatic heterocycles. The summed E-state index contributed by atoms with van der Waals surface area (Å²) >= 11 is 0. The van der Waals surface area contributed by atoms with Gasteiger partial charge in [-0.25, -0.2) is 0 Å². The zero-order chi connectivity index (χ0) is 17.6. The Balaban J connectivity index is 3.18. The Labute approximate surface area is 147 Å². The number of allylic oxidation sites excluding steroid dienone is 1. The molecule has 1 N–H and O–H groups in total. The molecule has 0 spiro atoms. The molecule has 1 atom stereocenters. The first kappa shape index (κ1) is 20.2. The van der Waals surface area contributed by atoms with E-state index in [2.05, 4.69) is 96.7 Å². The second kappa shape index (κ2) is 8.88. The highest BCUT2D eigenvalue weighted by atomic mass is 29.2. The molecule has 0 saturated carbocycles. The third-order valence-electron chi connectivity index (χ3n) is 5.48. The van der Waals surface area contributed by atoms with Gasteiger partial charge in [0.25, 0.3) is 0 Å². The molecule has 23 heavy (non-hydrogen) atoms. The Bertz CT molecular complexity index is 466. The lowest BCUT2D eigenvalue weighted by Crippen LogP contribution is -2.60. The van der Waals surface area contributed by atoms with E-state index in [1.165, 1.54) is 17.4 Å². The van der Waals surface area contributed by atoms with Crippen LogP contribution in [0.5, 0.6) is 0 Å². The van der Waals surface area contributed by atoms with E-state index in [0.29, 0.717) is 0 Å². The van der Waals surface area contributed by atoms with Crippen molar-refractivity contribution in [1.29, 1.82) is 0 Å². The minimum absolute atomic E-state index is 0.840. The number of para-hydroxylation sites is 1. The highest BCUT2D eigenvalue weighted by Crippen LogP contribution is 2.43. The topological polar surface area (TPSA) is 12.0 Å². The van der Waals surface area contributed by atoms with Crippen molar-refractivity contribution < 1.29 is 0 Å². The lowest BCUT2D eigenvalue weighted by Gasteiger charge is -2.48. The van der Waals surface area contributed by atoms with Gasteiger partial charge in [0.1, 0.15) is 0 Å². The van der Waals surface area contributed by atoms with Crippen LogP contribution in [0.3, 0.4) is 0 Å². The quantitative estimate of drug-likeness (QED) is 0.558. The van der Waals surface area contributed by atoms with Crippen LogP contribution in [0.4, 0.5) is 5.69 Å².